The number of ether oxygens (including phenoxy) is 2. The maximum atomic E-state index is 12.7. The van der Waals surface area contributed by atoms with Crippen LogP contribution in [0.4, 0.5) is 13.2 Å². The van der Waals surface area contributed by atoms with Crippen LogP contribution in [0.1, 0.15) is 31.6 Å². The molecule has 0 amide bonds. The first-order valence-electron chi connectivity index (χ1n) is 10.1. The average Bonchev–Trinajstić information content (AvgIpc) is 3.26. The Labute approximate surface area is 188 Å². The zero-order chi connectivity index (χ0) is 24.1. The highest BCUT2D eigenvalue weighted by Gasteiger charge is 2.33. The van der Waals surface area contributed by atoms with Gasteiger partial charge in [0.2, 0.25) is 5.60 Å². The number of hydrogen-bond donors (Lipinski definition) is 1. The van der Waals surface area contributed by atoms with E-state index in [1.165, 1.54) is 19.1 Å². The van der Waals surface area contributed by atoms with Crippen molar-refractivity contribution in [2.75, 3.05) is 6.61 Å². The first kappa shape index (κ1) is 23.9. The lowest BCUT2D eigenvalue weighted by atomic mass is 10.0. The Balaban J connectivity index is 1.53. The first-order valence-corrected chi connectivity index (χ1v) is 10.1. The van der Waals surface area contributed by atoms with Crippen LogP contribution in [0.15, 0.2) is 65.2 Å². The van der Waals surface area contributed by atoms with E-state index in [1.54, 1.807) is 49.4 Å². The molecule has 1 aromatic heterocycles. The first-order chi connectivity index (χ1) is 15.6. The second kappa shape index (κ2) is 9.81. The number of alkyl halides is 3. The number of aromatic nitrogens is 1. The van der Waals surface area contributed by atoms with E-state index in [0.29, 0.717) is 34.9 Å². The Kier molecular flexibility index (Phi) is 7.10. The Hall–Kier alpha value is -3.75. The van der Waals surface area contributed by atoms with Crippen molar-refractivity contribution in [3.63, 3.8) is 0 Å². The van der Waals surface area contributed by atoms with Gasteiger partial charge in [-0.1, -0.05) is 24.2 Å². The molecule has 1 N–H and O–H groups in total. The minimum Gasteiger partial charge on any atom is -0.490 e. The molecule has 0 saturated heterocycles. The van der Waals surface area contributed by atoms with Gasteiger partial charge in [0.1, 0.15) is 23.8 Å². The van der Waals surface area contributed by atoms with Gasteiger partial charge in [0.05, 0.1) is 5.56 Å². The van der Waals surface area contributed by atoms with Crippen LogP contribution < -0.4 is 9.47 Å². The molecule has 174 valence electrons. The third kappa shape index (κ3) is 6.15. The summed E-state index contributed by atoms with van der Waals surface area (Å²) in [6.45, 7) is 3.47. The summed E-state index contributed by atoms with van der Waals surface area (Å²) in [5.41, 5.74) is -1.11. The minimum atomic E-state index is -4.39. The molecule has 0 bridgehead atoms. The molecule has 9 heteroatoms. The van der Waals surface area contributed by atoms with Gasteiger partial charge in [0.15, 0.2) is 5.76 Å². The minimum absolute atomic E-state index is 0.221. The average molecular weight is 461 g/mol. The molecule has 2 aromatic carbocycles. The van der Waals surface area contributed by atoms with Crippen molar-refractivity contribution in [2.45, 2.75) is 32.0 Å². The maximum absolute atomic E-state index is 12.7. The Morgan fingerprint density at radius 1 is 1.09 bits per heavy atom. The van der Waals surface area contributed by atoms with E-state index >= 15 is 0 Å². The lowest BCUT2D eigenvalue weighted by molar-refractivity contribution is -0.154. The standard InChI is InChI=1S/C24H22F3NO5/c1-3-23(2,22(29)30)32-19-12-10-18(11-13-19)31-14-4-5-20-15-21(28-33-20)16-6-8-17(9-7-16)24(25,26)27/h4-13,15H,3,14H2,1-2H3,(H,29,30). The van der Waals surface area contributed by atoms with Crippen molar-refractivity contribution in [3.8, 4) is 22.8 Å². The van der Waals surface area contributed by atoms with Crippen molar-refractivity contribution < 1.29 is 37.1 Å². The van der Waals surface area contributed by atoms with Crippen LogP contribution in [0.5, 0.6) is 11.5 Å². The van der Waals surface area contributed by atoms with E-state index in [9.17, 15) is 23.1 Å². The van der Waals surface area contributed by atoms with Crippen molar-refractivity contribution in [2.24, 2.45) is 0 Å². The summed E-state index contributed by atoms with van der Waals surface area (Å²) < 4.78 is 54.4. The zero-order valence-corrected chi connectivity index (χ0v) is 17.9. The predicted octanol–water partition coefficient (Wildman–Crippen LogP) is 6.08. The summed E-state index contributed by atoms with van der Waals surface area (Å²) in [7, 11) is 0. The van der Waals surface area contributed by atoms with Crippen LogP contribution in [-0.4, -0.2) is 28.4 Å². The van der Waals surface area contributed by atoms with E-state index < -0.39 is 23.3 Å². The van der Waals surface area contributed by atoms with Crippen molar-refractivity contribution in [1.29, 1.82) is 0 Å². The summed E-state index contributed by atoms with van der Waals surface area (Å²) in [4.78, 5) is 11.3. The number of rotatable bonds is 9. The number of carboxylic acids is 1. The summed E-state index contributed by atoms with van der Waals surface area (Å²) in [6, 6.07) is 12.9. The van der Waals surface area contributed by atoms with Gasteiger partial charge in [-0.3, -0.25) is 0 Å². The second-order valence-electron chi connectivity index (χ2n) is 7.37. The summed E-state index contributed by atoms with van der Waals surface area (Å²) in [5.74, 6) is 0.361. The van der Waals surface area contributed by atoms with Gasteiger partial charge < -0.3 is 19.1 Å². The summed E-state index contributed by atoms with van der Waals surface area (Å²) in [6.07, 6.45) is -0.747. The molecule has 0 radical (unpaired) electrons. The molecule has 0 saturated carbocycles. The van der Waals surface area contributed by atoms with Gasteiger partial charge >= 0.3 is 12.1 Å². The smallest absolute Gasteiger partial charge is 0.416 e. The zero-order valence-electron chi connectivity index (χ0n) is 17.9. The quantitative estimate of drug-likeness (QED) is 0.416. The second-order valence-corrected chi connectivity index (χ2v) is 7.37. The number of carbonyl (C=O) groups is 1. The van der Waals surface area contributed by atoms with Crippen LogP contribution in [0.3, 0.4) is 0 Å². The fourth-order valence-corrected chi connectivity index (χ4v) is 2.77. The maximum Gasteiger partial charge on any atom is 0.416 e. The molecule has 6 nitrogen and oxygen atoms in total. The highest BCUT2D eigenvalue weighted by Crippen LogP contribution is 2.31. The van der Waals surface area contributed by atoms with Gasteiger partial charge in [0.25, 0.3) is 0 Å². The number of aliphatic carboxylic acids is 1. The largest absolute Gasteiger partial charge is 0.490 e. The van der Waals surface area contributed by atoms with Gasteiger partial charge in [-0.2, -0.15) is 13.2 Å². The van der Waals surface area contributed by atoms with E-state index in [1.807, 2.05) is 0 Å². The molecule has 0 aliphatic rings. The molecule has 0 aliphatic carbocycles. The highest BCUT2D eigenvalue weighted by molar-refractivity contribution is 5.77. The van der Waals surface area contributed by atoms with Crippen molar-refractivity contribution in [3.05, 3.63) is 72.0 Å². The van der Waals surface area contributed by atoms with Crippen LogP contribution in [0.2, 0.25) is 0 Å². The lowest BCUT2D eigenvalue weighted by Gasteiger charge is -2.24. The third-order valence-electron chi connectivity index (χ3n) is 4.96. The summed E-state index contributed by atoms with van der Waals surface area (Å²) >= 11 is 0. The molecule has 0 spiro atoms. The molecule has 1 atom stereocenters. The molecule has 3 aromatic rings. The van der Waals surface area contributed by atoms with E-state index in [4.69, 9.17) is 14.0 Å². The van der Waals surface area contributed by atoms with Crippen LogP contribution >= 0.6 is 0 Å². The number of hydrogen-bond acceptors (Lipinski definition) is 5. The Morgan fingerprint density at radius 2 is 1.73 bits per heavy atom. The predicted molar refractivity (Wildman–Crippen MR) is 115 cm³/mol. The number of carboxylic acid groups (broad SMARTS) is 1. The van der Waals surface area contributed by atoms with E-state index in [0.717, 1.165) is 12.1 Å². The fourth-order valence-electron chi connectivity index (χ4n) is 2.77. The molecular formula is C24H22F3NO5. The van der Waals surface area contributed by atoms with Crippen molar-refractivity contribution in [1.82, 2.24) is 5.16 Å². The summed E-state index contributed by atoms with van der Waals surface area (Å²) in [5, 5.41) is 13.2. The van der Waals surface area contributed by atoms with Gasteiger partial charge in [-0.25, -0.2) is 4.79 Å². The molecule has 1 unspecified atom stereocenters. The SMILES string of the molecule is CCC(C)(Oc1ccc(OCC=Cc2cc(-c3ccc(C(F)(F)F)cc3)no2)cc1)C(=O)O. The van der Waals surface area contributed by atoms with Crippen LogP contribution in [0, 0.1) is 0 Å². The topological polar surface area (TPSA) is 81.8 Å². The number of benzene rings is 2. The fraction of sp³-hybridized carbons (Fsp3) is 0.250. The van der Waals surface area contributed by atoms with Crippen LogP contribution in [0.25, 0.3) is 17.3 Å². The van der Waals surface area contributed by atoms with Gasteiger partial charge in [-0.05, 0) is 61.9 Å². The number of halogens is 3. The Bertz CT molecular complexity index is 1100. The van der Waals surface area contributed by atoms with E-state index in [-0.39, 0.29) is 6.61 Å². The lowest BCUT2D eigenvalue weighted by Crippen LogP contribution is -2.40. The highest BCUT2D eigenvalue weighted by atomic mass is 19.4. The third-order valence-corrected chi connectivity index (χ3v) is 4.96. The van der Waals surface area contributed by atoms with Gasteiger partial charge in [0, 0.05) is 11.6 Å². The molecule has 1 heterocycles. The molecular weight excluding hydrogens is 439 g/mol. The molecule has 0 aliphatic heterocycles. The normalized spacial score (nSPS) is 13.6. The monoisotopic (exact) mass is 461 g/mol. The molecule has 3 rings (SSSR count). The van der Waals surface area contributed by atoms with Crippen molar-refractivity contribution >= 4 is 12.0 Å². The Morgan fingerprint density at radius 3 is 2.30 bits per heavy atom. The number of nitrogens with zero attached hydrogens (tertiary/aromatic N) is 1. The van der Waals surface area contributed by atoms with E-state index in [2.05, 4.69) is 5.16 Å². The molecule has 33 heavy (non-hydrogen) atoms. The van der Waals surface area contributed by atoms with Gasteiger partial charge in [-0.15, -0.1) is 0 Å². The van der Waals surface area contributed by atoms with Crippen LogP contribution in [-0.2, 0) is 11.0 Å². The molecule has 0 fully saturated rings.